The van der Waals surface area contributed by atoms with Gasteiger partial charge in [0.2, 0.25) is 5.91 Å². The van der Waals surface area contributed by atoms with Crippen LogP contribution in [0.25, 0.3) is 0 Å². The molecule has 0 aliphatic rings. The largest absolute Gasteiger partial charge is 0.497 e. The van der Waals surface area contributed by atoms with Gasteiger partial charge in [0.05, 0.1) is 19.4 Å². The predicted molar refractivity (Wildman–Crippen MR) is 93.4 cm³/mol. The molecule has 2 rings (SSSR count). The number of carbonyl (C=O) groups excluding carboxylic acids is 1. The van der Waals surface area contributed by atoms with Crippen LogP contribution >= 0.6 is 11.8 Å². The molecule has 0 aromatic heterocycles. The van der Waals surface area contributed by atoms with Gasteiger partial charge in [-0.1, -0.05) is 23.8 Å². The van der Waals surface area contributed by atoms with E-state index in [9.17, 15) is 4.79 Å². The van der Waals surface area contributed by atoms with Gasteiger partial charge in [-0.25, -0.2) is 0 Å². The van der Waals surface area contributed by atoms with Crippen molar-refractivity contribution in [2.24, 2.45) is 0 Å². The summed E-state index contributed by atoms with van der Waals surface area (Å²) in [5, 5.41) is 2.85. The molecule has 0 fully saturated rings. The molecule has 0 atom stereocenters. The Kier molecular flexibility index (Phi) is 6.81. The fourth-order valence-electron chi connectivity index (χ4n) is 1.88. The highest BCUT2D eigenvalue weighted by Crippen LogP contribution is 2.19. The lowest BCUT2D eigenvalue weighted by Crippen LogP contribution is -2.29. The number of ether oxygens (including phenoxy) is 2. The van der Waals surface area contributed by atoms with Crippen LogP contribution in [0.3, 0.4) is 0 Å². The van der Waals surface area contributed by atoms with E-state index in [1.807, 2.05) is 55.5 Å². The van der Waals surface area contributed by atoms with Crippen LogP contribution in [0.4, 0.5) is 0 Å². The summed E-state index contributed by atoms with van der Waals surface area (Å²) in [6.45, 7) is 2.95. The third-order valence-corrected chi connectivity index (χ3v) is 4.14. The average Bonchev–Trinajstić information content (AvgIpc) is 2.58. The molecule has 0 aliphatic heterocycles. The van der Waals surface area contributed by atoms with Crippen LogP contribution in [0.1, 0.15) is 5.56 Å². The van der Waals surface area contributed by atoms with E-state index in [4.69, 9.17) is 9.47 Å². The molecule has 2 aromatic carbocycles. The second-order valence-electron chi connectivity index (χ2n) is 4.98. The number of aryl methyl sites for hydroxylation is 1. The van der Waals surface area contributed by atoms with Gasteiger partial charge in [-0.3, -0.25) is 4.79 Å². The highest BCUT2D eigenvalue weighted by atomic mass is 32.2. The van der Waals surface area contributed by atoms with Crippen LogP contribution in [0, 0.1) is 6.92 Å². The van der Waals surface area contributed by atoms with Gasteiger partial charge in [0.15, 0.2) is 0 Å². The quantitative estimate of drug-likeness (QED) is 0.596. The van der Waals surface area contributed by atoms with Crippen molar-refractivity contribution in [2.75, 3.05) is 26.0 Å². The first kappa shape index (κ1) is 17.2. The Balaban J connectivity index is 1.63. The Morgan fingerprint density at radius 2 is 1.87 bits per heavy atom. The smallest absolute Gasteiger partial charge is 0.230 e. The normalized spacial score (nSPS) is 10.2. The van der Waals surface area contributed by atoms with E-state index in [0.717, 1.165) is 16.4 Å². The van der Waals surface area contributed by atoms with Gasteiger partial charge < -0.3 is 14.8 Å². The third-order valence-electron chi connectivity index (χ3n) is 3.13. The molecule has 122 valence electrons. The molecule has 0 bridgehead atoms. The molecule has 4 nitrogen and oxygen atoms in total. The number of thioether (sulfide) groups is 1. The second kappa shape index (κ2) is 9.10. The zero-order chi connectivity index (χ0) is 16.5. The predicted octanol–water partition coefficient (Wildman–Crippen LogP) is 3.29. The van der Waals surface area contributed by atoms with Crippen LogP contribution in [0.5, 0.6) is 11.5 Å². The SMILES string of the molecule is COc1cccc(OCCNC(=O)CSc2ccc(C)cc2)c1. The van der Waals surface area contributed by atoms with Crippen LogP contribution in [-0.2, 0) is 4.79 Å². The van der Waals surface area contributed by atoms with E-state index < -0.39 is 0 Å². The molecule has 0 unspecified atom stereocenters. The third kappa shape index (κ3) is 6.24. The number of nitrogens with one attached hydrogen (secondary N) is 1. The Morgan fingerprint density at radius 3 is 2.61 bits per heavy atom. The zero-order valence-electron chi connectivity index (χ0n) is 13.4. The molecule has 0 heterocycles. The molecule has 0 radical (unpaired) electrons. The average molecular weight is 331 g/mol. The zero-order valence-corrected chi connectivity index (χ0v) is 14.2. The van der Waals surface area contributed by atoms with Crippen molar-refractivity contribution in [1.82, 2.24) is 5.32 Å². The molecule has 0 spiro atoms. The molecular formula is C18H21NO3S. The van der Waals surface area contributed by atoms with Gasteiger partial charge in [0, 0.05) is 11.0 Å². The molecular weight excluding hydrogens is 310 g/mol. The maximum absolute atomic E-state index is 11.8. The summed E-state index contributed by atoms with van der Waals surface area (Å²) in [5.41, 5.74) is 1.22. The fourth-order valence-corrected chi connectivity index (χ4v) is 2.61. The molecule has 1 N–H and O–H groups in total. The minimum Gasteiger partial charge on any atom is -0.497 e. The summed E-state index contributed by atoms with van der Waals surface area (Å²) < 4.78 is 10.7. The fraction of sp³-hybridized carbons (Fsp3) is 0.278. The number of hydrogen-bond donors (Lipinski definition) is 1. The van der Waals surface area contributed by atoms with Gasteiger partial charge in [0.1, 0.15) is 18.1 Å². The lowest BCUT2D eigenvalue weighted by molar-refractivity contribution is -0.118. The van der Waals surface area contributed by atoms with Crippen molar-refractivity contribution >= 4 is 17.7 Å². The summed E-state index contributed by atoms with van der Waals surface area (Å²) in [4.78, 5) is 12.9. The van der Waals surface area contributed by atoms with Gasteiger partial charge in [-0.2, -0.15) is 0 Å². The van der Waals surface area contributed by atoms with Gasteiger partial charge in [-0.05, 0) is 31.2 Å². The number of rotatable bonds is 8. The summed E-state index contributed by atoms with van der Waals surface area (Å²) in [6.07, 6.45) is 0. The van der Waals surface area contributed by atoms with E-state index in [-0.39, 0.29) is 5.91 Å². The van der Waals surface area contributed by atoms with Gasteiger partial charge in [-0.15, -0.1) is 11.8 Å². The Bertz CT molecular complexity index is 628. The van der Waals surface area contributed by atoms with Crippen LogP contribution in [0.2, 0.25) is 0 Å². The van der Waals surface area contributed by atoms with Crippen molar-refractivity contribution < 1.29 is 14.3 Å². The van der Waals surface area contributed by atoms with E-state index in [2.05, 4.69) is 5.32 Å². The van der Waals surface area contributed by atoms with Crippen molar-refractivity contribution in [2.45, 2.75) is 11.8 Å². The molecule has 0 saturated heterocycles. The van der Waals surface area contributed by atoms with E-state index in [1.165, 1.54) is 17.3 Å². The maximum Gasteiger partial charge on any atom is 0.230 e. The lowest BCUT2D eigenvalue weighted by Gasteiger charge is -2.09. The molecule has 5 heteroatoms. The number of hydrogen-bond acceptors (Lipinski definition) is 4. The lowest BCUT2D eigenvalue weighted by atomic mass is 10.2. The van der Waals surface area contributed by atoms with Crippen molar-refractivity contribution in [1.29, 1.82) is 0 Å². The number of benzene rings is 2. The summed E-state index contributed by atoms with van der Waals surface area (Å²) in [6, 6.07) is 15.5. The number of methoxy groups -OCH3 is 1. The Morgan fingerprint density at radius 1 is 1.13 bits per heavy atom. The number of amides is 1. The molecule has 0 saturated carbocycles. The standard InChI is InChI=1S/C18H21NO3S/c1-14-6-8-17(9-7-14)23-13-18(20)19-10-11-22-16-5-3-4-15(12-16)21-2/h3-9,12H,10-11,13H2,1-2H3,(H,19,20). The Hall–Kier alpha value is -2.14. The highest BCUT2D eigenvalue weighted by molar-refractivity contribution is 8.00. The number of carbonyl (C=O) groups is 1. The van der Waals surface area contributed by atoms with Crippen molar-refractivity contribution in [3.8, 4) is 11.5 Å². The highest BCUT2D eigenvalue weighted by Gasteiger charge is 2.03. The second-order valence-corrected chi connectivity index (χ2v) is 6.03. The van der Waals surface area contributed by atoms with Crippen LogP contribution < -0.4 is 14.8 Å². The molecule has 23 heavy (non-hydrogen) atoms. The van der Waals surface area contributed by atoms with Crippen molar-refractivity contribution in [3.63, 3.8) is 0 Å². The minimum atomic E-state index is 0.00446. The van der Waals surface area contributed by atoms with Crippen LogP contribution in [-0.4, -0.2) is 31.9 Å². The first-order valence-corrected chi connectivity index (χ1v) is 8.39. The maximum atomic E-state index is 11.8. The summed E-state index contributed by atoms with van der Waals surface area (Å²) >= 11 is 1.53. The van der Waals surface area contributed by atoms with Gasteiger partial charge in [0.25, 0.3) is 0 Å². The summed E-state index contributed by atoms with van der Waals surface area (Å²) in [5.74, 6) is 1.89. The van der Waals surface area contributed by atoms with E-state index in [0.29, 0.717) is 18.9 Å². The molecule has 0 aliphatic carbocycles. The first-order chi connectivity index (χ1) is 11.2. The molecule has 2 aromatic rings. The van der Waals surface area contributed by atoms with Crippen LogP contribution in [0.15, 0.2) is 53.4 Å². The van der Waals surface area contributed by atoms with E-state index in [1.54, 1.807) is 7.11 Å². The monoisotopic (exact) mass is 331 g/mol. The molecule has 1 amide bonds. The first-order valence-electron chi connectivity index (χ1n) is 7.40. The Labute approximate surface area is 141 Å². The van der Waals surface area contributed by atoms with E-state index >= 15 is 0 Å². The van der Waals surface area contributed by atoms with Gasteiger partial charge >= 0.3 is 0 Å². The van der Waals surface area contributed by atoms with Crippen molar-refractivity contribution in [3.05, 3.63) is 54.1 Å². The topological polar surface area (TPSA) is 47.6 Å². The minimum absolute atomic E-state index is 0.00446. The summed E-state index contributed by atoms with van der Waals surface area (Å²) in [7, 11) is 1.62.